The maximum atomic E-state index is 11.1. The van der Waals surface area contributed by atoms with E-state index in [4.69, 9.17) is 4.42 Å². The van der Waals surface area contributed by atoms with Crippen LogP contribution in [0.15, 0.2) is 22.8 Å². The Kier molecular flexibility index (Phi) is 7.97. The molecule has 1 aliphatic heterocycles. The molecule has 0 spiro atoms. The molecule has 1 fully saturated rings. The Morgan fingerprint density at radius 2 is 1.39 bits per heavy atom. The molecule has 2 rings (SSSR count). The Morgan fingerprint density at radius 1 is 0.957 bits per heavy atom. The van der Waals surface area contributed by atoms with Gasteiger partial charge in [-0.3, -0.25) is 0 Å². The summed E-state index contributed by atoms with van der Waals surface area (Å²) in [5.41, 5.74) is -0.170. The van der Waals surface area contributed by atoms with Crippen molar-refractivity contribution in [1.82, 2.24) is 0 Å². The smallest absolute Gasteiger partial charge is 1.00 e. The van der Waals surface area contributed by atoms with Crippen LogP contribution in [0.1, 0.15) is 66.1 Å². The van der Waals surface area contributed by atoms with Gasteiger partial charge in [0.05, 0.1) is 0 Å². The van der Waals surface area contributed by atoms with E-state index in [0.29, 0.717) is 5.92 Å². The SMILES string of the molecule is CC(C)(C)[CH]1CC(c2ccco2)C[CH](C(C)(C)C)[Ti+2]1([OH])[OH].[Cl-].[Cl-]. The average Bonchev–Trinajstić information content (AvgIpc) is 2.78. The molecule has 0 bridgehead atoms. The van der Waals surface area contributed by atoms with Crippen LogP contribution < -0.4 is 24.8 Å². The first-order chi connectivity index (χ1) is 9.44. The monoisotopic (exact) mass is 400 g/mol. The minimum absolute atomic E-state index is 0. The molecule has 1 aromatic rings. The third-order valence-electron chi connectivity index (χ3n) is 5.10. The number of halogens is 2. The standard InChI is InChI=1S/C17H28O.2ClH.2H2O.Ti/c1-16(2,3)11-9-14(10-12-17(4,5)6)15-8-7-13-18-15;;;;;/h7-8,11-14H,9-10H2,1-6H3;2*1H;2*1H2;/q;;;;;+4/p-4. The van der Waals surface area contributed by atoms with Crippen LogP contribution in [0.5, 0.6) is 0 Å². The second-order valence-corrected chi connectivity index (χ2v) is 13.4. The first-order valence-corrected chi connectivity index (χ1v) is 11.1. The van der Waals surface area contributed by atoms with Crippen LogP contribution in [0.2, 0.25) is 8.45 Å². The zero-order valence-corrected chi connectivity index (χ0v) is 18.0. The van der Waals surface area contributed by atoms with Crippen molar-refractivity contribution >= 4 is 0 Å². The van der Waals surface area contributed by atoms with Gasteiger partial charge in [0.15, 0.2) is 0 Å². The molecule has 0 radical (unpaired) electrons. The van der Waals surface area contributed by atoms with Gasteiger partial charge in [0.2, 0.25) is 0 Å². The van der Waals surface area contributed by atoms with Gasteiger partial charge in [-0.25, -0.2) is 0 Å². The van der Waals surface area contributed by atoms with Crippen molar-refractivity contribution in [2.24, 2.45) is 10.8 Å². The summed E-state index contributed by atoms with van der Waals surface area (Å²) in [5.74, 6) is 1.29. The fourth-order valence-electron chi connectivity index (χ4n) is 3.99. The Balaban J connectivity index is 0.00000242. The second kappa shape index (κ2) is 7.80. The molecule has 6 heteroatoms. The van der Waals surface area contributed by atoms with E-state index in [1.54, 1.807) is 6.26 Å². The van der Waals surface area contributed by atoms with E-state index in [2.05, 4.69) is 41.5 Å². The van der Waals surface area contributed by atoms with Gasteiger partial charge < -0.3 is 24.8 Å². The third kappa shape index (κ3) is 4.99. The van der Waals surface area contributed by atoms with Gasteiger partial charge in [0, 0.05) is 0 Å². The molecule has 2 unspecified atom stereocenters. The Labute approximate surface area is 157 Å². The maximum Gasteiger partial charge on any atom is -1.00 e. The first-order valence-electron chi connectivity index (χ1n) is 7.92. The van der Waals surface area contributed by atoms with E-state index in [1.807, 2.05) is 12.1 Å². The summed E-state index contributed by atoms with van der Waals surface area (Å²) in [6.07, 6.45) is 3.38. The van der Waals surface area contributed by atoms with Gasteiger partial charge in [-0.05, 0) is 0 Å². The quantitative estimate of drug-likeness (QED) is 0.582. The van der Waals surface area contributed by atoms with Crippen molar-refractivity contribution in [2.75, 3.05) is 0 Å². The summed E-state index contributed by atoms with van der Waals surface area (Å²) in [4.78, 5) is 0. The third-order valence-corrected chi connectivity index (χ3v) is 11.7. The molecule has 1 saturated heterocycles. The van der Waals surface area contributed by atoms with Crippen LogP contribution in [0.25, 0.3) is 0 Å². The largest absolute Gasteiger partial charge is 1.00 e. The van der Waals surface area contributed by atoms with E-state index < -0.39 is 17.4 Å². The van der Waals surface area contributed by atoms with E-state index in [-0.39, 0.29) is 44.1 Å². The minimum Gasteiger partial charge on any atom is -1.00 e. The van der Waals surface area contributed by atoms with Crippen LogP contribution in [0, 0.1) is 10.8 Å². The summed E-state index contributed by atoms with van der Waals surface area (Å²) >= 11 is -3.90. The minimum atomic E-state index is -3.90. The molecule has 0 amide bonds. The van der Waals surface area contributed by atoms with E-state index in [0.717, 1.165) is 18.6 Å². The predicted octanol–water partition coefficient (Wildman–Crippen LogP) is -1.20. The van der Waals surface area contributed by atoms with Gasteiger partial charge >= 0.3 is 133 Å². The topological polar surface area (TPSA) is 53.6 Å². The molecule has 2 N–H and O–H groups in total. The fraction of sp³-hybridized carbons (Fsp3) is 0.765. The molecule has 0 aliphatic carbocycles. The van der Waals surface area contributed by atoms with E-state index in [9.17, 15) is 7.38 Å². The summed E-state index contributed by atoms with van der Waals surface area (Å²) in [6, 6.07) is 3.95. The molecule has 0 aromatic carbocycles. The van der Waals surface area contributed by atoms with Crippen molar-refractivity contribution in [1.29, 1.82) is 0 Å². The average molecular weight is 401 g/mol. The van der Waals surface area contributed by atoms with Gasteiger partial charge in [0.25, 0.3) is 0 Å². The molecule has 3 nitrogen and oxygen atoms in total. The zero-order valence-electron chi connectivity index (χ0n) is 14.9. The van der Waals surface area contributed by atoms with Crippen molar-refractivity contribution in [3.05, 3.63) is 24.2 Å². The van der Waals surface area contributed by atoms with Crippen LogP contribution in [-0.2, 0) is 17.4 Å². The molecule has 1 aliphatic rings. The molecule has 134 valence electrons. The molecule has 2 atom stereocenters. The second-order valence-electron chi connectivity index (χ2n) is 8.80. The van der Waals surface area contributed by atoms with E-state index >= 15 is 0 Å². The summed E-state index contributed by atoms with van der Waals surface area (Å²) in [6.45, 7) is 12.8. The summed E-state index contributed by atoms with van der Waals surface area (Å²) in [5, 5.41) is 0. The van der Waals surface area contributed by atoms with Crippen molar-refractivity contribution in [3.63, 3.8) is 0 Å². The van der Waals surface area contributed by atoms with Crippen molar-refractivity contribution < 1.29 is 54.0 Å². The number of rotatable bonds is 1. The zero-order chi connectivity index (χ0) is 16.1. The number of hydrogen-bond donors (Lipinski definition) is 2. The molecular weight excluding hydrogens is 371 g/mol. The van der Waals surface area contributed by atoms with Crippen molar-refractivity contribution in [2.45, 2.75) is 68.7 Å². The van der Waals surface area contributed by atoms with Crippen LogP contribution in [-0.4, -0.2) is 7.38 Å². The first kappa shape index (κ1) is 23.5. The normalized spacial score (nSPS) is 26.3. The van der Waals surface area contributed by atoms with Gasteiger partial charge in [-0.15, -0.1) is 0 Å². The fourth-order valence-corrected chi connectivity index (χ4v) is 10.7. The Bertz CT molecular complexity index is 449. The van der Waals surface area contributed by atoms with Gasteiger partial charge in [-0.2, -0.15) is 0 Å². The molecule has 23 heavy (non-hydrogen) atoms. The summed E-state index contributed by atoms with van der Waals surface area (Å²) in [7, 11) is 0. The predicted molar refractivity (Wildman–Crippen MR) is 81.5 cm³/mol. The van der Waals surface area contributed by atoms with Gasteiger partial charge in [0.1, 0.15) is 0 Å². The molecule has 1 aromatic heterocycles. The molecular formula is C17H30Cl2O3Ti. The Hall–Kier alpha value is 0.494. The number of hydrogen-bond acceptors (Lipinski definition) is 3. The molecule has 2 heterocycles. The number of furan rings is 1. The molecule has 0 saturated carbocycles. The van der Waals surface area contributed by atoms with Gasteiger partial charge in [-0.1, -0.05) is 0 Å². The Morgan fingerprint density at radius 3 is 1.70 bits per heavy atom. The van der Waals surface area contributed by atoms with Crippen LogP contribution in [0.3, 0.4) is 0 Å². The van der Waals surface area contributed by atoms with Crippen molar-refractivity contribution in [3.8, 4) is 0 Å². The summed E-state index contributed by atoms with van der Waals surface area (Å²) < 4.78 is 27.8. The van der Waals surface area contributed by atoms with E-state index in [1.165, 1.54) is 0 Å². The van der Waals surface area contributed by atoms with Crippen LogP contribution >= 0.6 is 0 Å². The van der Waals surface area contributed by atoms with Crippen LogP contribution in [0.4, 0.5) is 0 Å². The maximum absolute atomic E-state index is 11.1.